The van der Waals surface area contributed by atoms with E-state index in [0.29, 0.717) is 6.54 Å². The molecule has 0 radical (unpaired) electrons. The van der Waals surface area contributed by atoms with Crippen molar-refractivity contribution in [2.75, 3.05) is 18.9 Å². The van der Waals surface area contributed by atoms with Crippen LogP contribution in [-0.4, -0.2) is 29.1 Å². The Bertz CT molecular complexity index is 1010. The number of rotatable bonds is 6. The van der Waals surface area contributed by atoms with E-state index in [2.05, 4.69) is 24.5 Å². The maximum atomic E-state index is 13.8. The highest BCUT2D eigenvalue weighted by atomic mass is 19.1. The van der Waals surface area contributed by atoms with Crippen LogP contribution < -0.4 is 10.6 Å². The highest BCUT2D eigenvalue weighted by Crippen LogP contribution is 2.31. The monoisotopic (exact) mass is 382 g/mol. The highest BCUT2D eigenvalue weighted by molar-refractivity contribution is 5.93. The van der Waals surface area contributed by atoms with Gasteiger partial charge in [0.05, 0.1) is 11.0 Å². The van der Waals surface area contributed by atoms with Crippen LogP contribution in [0.25, 0.3) is 22.4 Å². The SMILES string of the molecule is CNCC(C)C(=O)Nc1ccc(-c2nc3ccc(F)cc3n2C(C)C)cc1C. The van der Waals surface area contributed by atoms with Crippen LogP contribution in [0.4, 0.5) is 10.1 Å². The van der Waals surface area contributed by atoms with Crippen LogP contribution in [0.1, 0.15) is 32.4 Å². The molecule has 0 spiro atoms. The molecule has 1 unspecified atom stereocenters. The molecule has 0 saturated carbocycles. The zero-order chi connectivity index (χ0) is 20.4. The van der Waals surface area contributed by atoms with Crippen molar-refractivity contribution in [3.63, 3.8) is 0 Å². The second-order valence-electron chi connectivity index (χ2n) is 7.51. The van der Waals surface area contributed by atoms with E-state index in [1.807, 2.05) is 43.7 Å². The Labute approximate surface area is 165 Å². The summed E-state index contributed by atoms with van der Waals surface area (Å²) < 4.78 is 15.8. The van der Waals surface area contributed by atoms with Crippen LogP contribution in [0.15, 0.2) is 36.4 Å². The number of benzene rings is 2. The third-order valence-corrected chi connectivity index (χ3v) is 4.87. The van der Waals surface area contributed by atoms with Crippen molar-refractivity contribution in [1.29, 1.82) is 0 Å². The number of amides is 1. The smallest absolute Gasteiger partial charge is 0.228 e. The van der Waals surface area contributed by atoms with Crippen LogP contribution in [0, 0.1) is 18.7 Å². The van der Waals surface area contributed by atoms with E-state index in [4.69, 9.17) is 4.98 Å². The zero-order valence-corrected chi connectivity index (χ0v) is 17.0. The van der Waals surface area contributed by atoms with Gasteiger partial charge in [0.15, 0.2) is 0 Å². The third-order valence-electron chi connectivity index (χ3n) is 4.87. The number of hydrogen-bond acceptors (Lipinski definition) is 3. The molecule has 28 heavy (non-hydrogen) atoms. The van der Waals surface area contributed by atoms with Crippen molar-refractivity contribution in [2.45, 2.75) is 33.7 Å². The number of nitrogens with zero attached hydrogens (tertiary/aromatic N) is 2. The van der Waals surface area contributed by atoms with Gasteiger partial charge in [0, 0.05) is 29.8 Å². The molecular weight excluding hydrogens is 355 g/mol. The van der Waals surface area contributed by atoms with Crippen molar-refractivity contribution < 1.29 is 9.18 Å². The Hall–Kier alpha value is -2.73. The summed E-state index contributed by atoms with van der Waals surface area (Å²) in [6.45, 7) is 8.59. The predicted molar refractivity (Wildman–Crippen MR) is 112 cm³/mol. The number of fused-ring (bicyclic) bond motifs is 1. The largest absolute Gasteiger partial charge is 0.326 e. The number of carbonyl (C=O) groups excluding carboxylic acids is 1. The first-order chi connectivity index (χ1) is 13.3. The summed E-state index contributed by atoms with van der Waals surface area (Å²) in [4.78, 5) is 17.0. The molecule has 1 aromatic heterocycles. The molecule has 0 aliphatic carbocycles. The van der Waals surface area contributed by atoms with Gasteiger partial charge in [-0.1, -0.05) is 6.92 Å². The number of anilines is 1. The number of hydrogen-bond donors (Lipinski definition) is 2. The summed E-state index contributed by atoms with van der Waals surface area (Å²) in [5.74, 6) is 0.380. The Morgan fingerprint density at radius 1 is 1.18 bits per heavy atom. The van der Waals surface area contributed by atoms with Crippen LogP contribution in [0.3, 0.4) is 0 Å². The van der Waals surface area contributed by atoms with Crippen LogP contribution >= 0.6 is 0 Å². The third kappa shape index (κ3) is 3.92. The predicted octanol–water partition coefficient (Wildman–Crippen LogP) is 4.53. The molecule has 2 N–H and O–H groups in total. The van der Waals surface area contributed by atoms with Gasteiger partial charge in [-0.2, -0.15) is 0 Å². The molecule has 0 saturated heterocycles. The zero-order valence-electron chi connectivity index (χ0n) is 17.0. The van der Waals surface area contributed by atoms with E-state index in [1.165, 1.54) is 12.1 Å². The fourth-order valence-electron chi connectivity index (χ4n) is 3.39. The maximum Gasteiger partial charge on any atom is 0.228 e. The number of carbonyl (C=O) groups is 1. The Kier molecular flexibility index (Phi) is 5.79. The van der Waals surface area contributed by atoms with Gasteiger partial charge in [0.2, 0.25) is 5.91 Å². The molecule has 1 atom stereocenters. The molecule has 5 nitrogen and oxygen atoms in total. The highest BCUT2D eigenvalue weighted by Gasteiger charge is 2.17. The van der Waals surface area contributed by atoms with Gasteiger partial charge in [0.1, 0.15) is 11.6 Å². The van der Waals surface area contributed by atoms with Gasteiger partial charge in [-0.3, -0.25) is 4.79 Å². The summed E-state index contributed by atoms with van der Waals surface area (Å²) in [7, 11) is 1.83. The Balaban J connectivity index is 1.98. The lowest BCUT2D eigenvalue weighted by Gasteiger charge is -2.16. The molecule has 0 aliphatic heterocycles. The molecule has 1 amide bonds. The van der Waals surface area contributed by atoms with E-state index >= 15 is 0 Å². The van der Waals surface area contributed by atoms with E-state index in [0.717, 1.165) is 33.7 Å². The first kappa shape index (κ1) is 20.0. The maximum absolute atomic E-state index is 13.8. The van der Waals surface area contributed by atoms with Crippen molar-refractivity contribution in [3.8, 4) is 11.4 Å². The second-order valence-corrected chi connectivity index (χ2v) is 7.51. The summed E-state index contributed by atoms with van der Waals surface area (Å²) in [6, 6.07) is 10.6. The number of halogens is 1. The standard InChI is InChI=1S/C22H27FN4O/c1-13(2)27-20-11-17(23)7-9-19(20)25-21(27)16-6-8-18(14(3)10-16)26-22(28)15(4)12-24-5/h6-11,13,15,24H,12H2,1-5H3,(H,26,28). The van der Waals surface area contributed by atoms with Crippen molar-refractivity contribution in [1.82, 2.24) is 14.9 Å². The van der Waals surface area contributed by atoms with Gasteiger partial charge in [0.25, 0.3) is 0 Å². The normalized spacial score (nSPS) is 12.5. The van der Waals surface area contributed by atoms with Gasteiger partial charge in [-0.25, -0.2) is 9.37 Å². The Morgan fingerprint density at radius 2 is 1.93 bits per heavy atom. The molecule has 3 rings (SSSR count). The van der Waals surface area contributed by atoms with E-state index in [-0.39, 0.29) is 23.7 Å². The summed E-state index contributed by atoms with van der Waals surface area (Å²) in [5, 5.41) is 6.00. The van der Waals surface area contributed by atoms with Crippen LogP contribution in [-0.2, 0) is 4.79 Å². The van der Waals surface area contributed by atoms with Crippen LogP contribution in [0.2, 0.25) is 0 Å². The molecule has 6 heteroatoms. The van der Waals surface area contributed by atoms with Crippen molar-refractivity contribution in [2.24, 2.45) is 5.92 Å². The average Bonchev–Trinajstić information content (AvgIpc) is 3.02. The van der Waals surface area contributed by atoms with E-state index in [1.54, 1.807) is 6.07 Å². The summed E-state index contributed by atoms with van der Waals surface area (Å²) in [5.41, 5.74) is 4.22. The van der Waals surface area contributed by atoms with Crippen LogP contribution in [0.5, 0.6) is 0 Å². The molecule has 3 aromatic rings. The van der Waals surface area contributed by atoms with Gasteiger partial charge >= 0.3 is 0 Å². The van der Waals surface area contributed by atoms with E-state index < -0.39 is 0 Å². The lowest BCUT2D eigenvalue weighted by Crippen LogP contribution is -2.28. The topological polar surface area (TPSA) is 59.0 Å². The average molecular weight is 382 g/mol. The number of aromatic nitrogens is 2. The molecule has 0 fully saturated rings. The molecule has 0 aliphatic rings. The van der Waals surface area contributed by atoms with Crippen molar-refractivity contribution >= 4 is 22.6 Å². The lowest BCUT2D eigenvalue weighted by atomic mass is 10.1. The van der Waals surface area contributed by atoms with Gasteiger partial charge in [-0.15, -0.1) is 0 Å². The summed E-state index contributed by atoms with van der Waals surface area (Å²) >= 11 is 0. The minimum absolute atomic E-state index is 0.0184. The molecule has 2 aromatic carbocycles. The van der Waals surface area contributed by atoms with Gasteiger partial charge in [-0.05, 0) is 69.8 Å². The first-order valence-electron chi connectivity index (χ1n) is 9.55. The fourth-order valence-corrected chi connectivity index (χ4v) is 3.39. The number of imidazole rings is 1. The molecular formula is C22H27FN4O. The molecule has 1 heterocycles. The first-order valence-corrected chi connectivity index (χ1v) is 9.55. The molecule has 0 bridgehead atoms. The second kappa shape index (κ2) is 8.10. The van der Waals surface area contributed by atoms with Crippen molar-refractivity contribution in [3.05, 3.63) is 47.8 Å². The summed E-state index contributed by atoms with van der Waals surface area (Å²) in [6.07, 6.45) is 0. The quantitative estimate of drug-likeness (QED) is 0.659. The lowest BCUT2D eigenvalue weighted by molar-refractivity contribution is -0.119. The minimum Gasteiger partial charge on any atom is -0.326 e. The Morgan fingerprint density at radius 3 is 2.57 bits per heavy atom. The number of nitrogens with one attached hydrogen (secondary N) is 2. The van der Waals surface area contributed by atoms with Gasteiger partial charge < -0.3 is 15.2 Å². The molecule has 148 valence electrons. The minimum atomic E-state index is -0.272. The number of aryl methyl sites for hydroxylation is 1. The fraction of sp³-hybridized carbons (Fsp3) is 0.364. The van der Waals surface area contributed by atoms with E-state index in [9.17, 15) is 9.18 Å².